The van der Waals surface area contributed by atoms with Crippen molar-refractivity contribution in [3.05, 3.63) is 54.1 Å². The highest BCUT2D eigenvalue weighted by molar-refractivity contribution is 5.74. The van der Waals surface area contributed by atoms with Crippen LogP contribution < -0.4 is 0 Å². The van der Waals surface area contributed by atoms with Gasteiger partial charge in [0, 0.05) is 7.11 Å². The van der Waals surface area contributed by atoms with Crippen LogP contribution in [-0.2, 0) is 4.74 Å². The summed E-state index contributed by atoms with van der Waals surface area (Å²) in [7, 11) is 1.75. The molecule has 0 radical (unpaired) electrons. The molecule has 1 aliphatic carbocycles. The fourth-order valence-corrected chi connectivity index (χ4v) is 1.62. The Morgan fingerprint density at radius 1 is 1.21 bits per heavy atom. The van der Waals surface area contributed by atoms with Crippen molar-refractivity contribution < 1.29 is 4.74 Å². The lowest BCUT2D eigenvalue weighted by Gasteiger charge is -2.14. The van der Waals surface area contributed by atoms with Crippen LogP contribution in [0, 0.1) is 0 Å². The SMILES string of the molecule is COC1C=CC(c2ccccc2)=CC1. The van der Waals surface area contributed by atoms with E-state index in [2.05, 4.69) is 42.5 Å². The van der Waals surface area contributed by atoms with Crippen molar-refractivity contribution in [3.63, 3.8) is 0 Å². The van der Waals surface area contributed by atoms with Gasteiger partial charge in [-0.05, 0) is 17.6 Å². The van der Waals surface area contributed by atoms with Crippen molar-refractivity contribution in [2.45, 2.75) is 12.5 Å². The number of hydrogen-bond donors (Lipinski definition) is 0. The Balaban J connectivity index is 2.16. The Hall–Kier alpha value is -1.34. The van der Waals surface area contributed by atoms with Gasteiger partial charge in [0.1, 0.15) is 0 Å². The smallest absolute Gasteiger partial charge is 0.0790 e. The lowest BCUT2D eigenvalue weighted by molar-refractivity contribution is 0.143. The first kappa shape index (κ1) is 9.22. The van der Waals surface area contributed by atoms with Crippen LogP contribution in [0.3, 0.4) is 0 Å². The number of methoxy groups -OCH3 is 1. The Morgan fingerprint density at radius 2 is 2.00 bits per heavy atom. The van der Waals surface area contributed by atoms with Crippen LogP contribution in [-0.4, -0.2) is 13.2 Å². The maximum atomic E-state index is 5.24. The third kappa shape index (κ3) is 1.94. The van der Waals surface area contributed by atoms with Gasteiger partial charge >= 0.3 is 0 Å². The predicted molar refractivity (Wildman–Crippen MR) is 59.0 cm³/mol. The fourth-order valence-electron chi connectivity index (χ4n) is 1.62. The van der Waals surface area contributed by atoms with Gasteiger partial charge in [-0.2, -0.15) is 0 Å². The molecule has 2 rings (SSSR count). The van der Waals surface area contributed by atoms with Crippen LogP contribution in [0.1, 0.15) is 12.0 Å². The molecule has 1 atom stereocenters. The van der Waals surface area contributed by atoms with Crippen LogP contribution in [0.15, 0.2) is 48.6 Å². The van der Waals surface area contributed by atoms with Gasteiger partial charge in [-0.1, -0.05) is 48.6 Å². The minimum absolute atomic E-state index is 0.252. The predicted octanol–water partition coefficient (Wildman–Crippen LogP) is 3.04. The zero-order valence-electron chi connectivity index (χ0n) is 8.31. The summed E-state index contributed by atoms with van der Waals surface area (Å²) in [4.78, 5) is 0. The second kappa shape index (κ2) is 4.25. The van der Waals surface area contributed by atoms with Crippen molar-refractivity contribution in [2.75, 3.05) is 7.11 Å². The molecule has 1 unspecified atom stereocenters. The van der Waals surface area contributed by atoms with Gasteiger partial charge in [-0.15, -0.1) is 0 Å². The van der Waals surface area contributed by atoms with Gasteiger partial charge in [0.25, 0.3) is 0 Å². The molecule has 72 valence electrons. The lowest BCUT2D eigenvalue weighted by Crippen LogP contribution is -2.07. The average Bonchev–Trinajstić information content (AvgIpc) is 2.30. The largest absolute Gasteiger partial charge is 0.377 e. The van der Waals surface area contributed by atoms with Crippen molar-refractivity contribution in [1.82, 2.24) is 0 Å². The summed E-state index contributed by atoms with van der Waals surface area (Å²) in [6, 6.07) is 10.4. The first-order chi connectivity index (χ1) is 6.90. The van der Waals surface area contributed by atoms with Crippen molar-refractivity contribution in [1.29, 1.82) is 0 Å². The number of hydrogen-bond acceptors (Lipinski definition) is 1. The molecule has 0 saturated carbocycles. The van der Waals surface area contributed by atoms with Crippen LogP contribution in [0.25, 0.3) is 5.57 Å². The second-order valence-electron chi connectivity index (χ2n) is 3.39. The molecule has 0 saturated heterocycles. The summed E-state index contributed by atoms with van der Waals surface area (Å²) in [6.45, 7) is 0. The quantitative estimate of drug-likeness (QED) is 0.689. The van der Waals surface area contributed by atoms with Gasteiger partial charge < -0.3 is 4.74 Å². The van der Waals surface area contributed by atoms with Gasteiger partial charge in [0.05, 0.1) is 6.10 Å². The molecule has 14 heavy (non-hydrogen) atoms. The highest BCUT2D eigenvalue weighted by Gasteiger charge is 2.07. The number of rotatable bonds is 2. The summed E-state index contributed by atoms with van der Waals surface area (Å²) in [6.07, 6.45) is 7.69. The summed E-state index contributed by atoms with van der Waals surface area (Å²) in [5.41, 5.74) is 2.57. The molecule has 0 amide bonds. The van der Waals surface area contributed by atoms with E-state index in [-0.39, 0.29) is 6.10 Å². The van der Waals surface area contributed by atoms with Gasteiger partial charge in [0.15, 0.2) is 0 Å². The first-order valence-electron chi connectivity index (χ1n) is 4.87. The molecule has 1 aromatic rings. The number of allylic oxidation sites excluding steroid dienone is 2. The van der Waals surface area contributed by atoms with Crippen LogP contribution >= 0.6 is 0 Å². The fraction of sp³-hybridized carbons (Fsp3) is 0.231. The molecule has 0 aromatic heterocycles. The number of benzene rings is 1. The zero-order chi connectivity index (χ0) is 9.80. The maximum Gasteiger partial charge on any atom is 0.0790 e. The highest BCUT2D eigenvalue weighted by atomic mass is 16.5. The Kier molecular flexibility index (Phi) is 2.80. The second-order valence-corrected chi connectivity index (χ2v) is 3.39. The topological polar surface area (TPSA) is 9.23 Å². The molecule has 0 heterocycles. The van der Waals surface area contributed by atoms with Crippen molar-refractivity contribution >= 4 is 5.57 Å². The van der Waals surface area contributed by atoms with Crippen LogP contribution in [0.5, 0.6) is 0 Å². The van der Waals surface area contributed by atoms with E-state index in [4.69, 9.17) is 4.74 Å². The molecule has 0 fully saturated rings. The Labute approximate surface area is 84.7 Å². The first-order valence-corrected chi connectivity index (χ1v) is 4.87. The average molecular weight is 186 g/mol. The van der Waals surface area contributed by atoms with Gasteiger partial charge in [-0.25, -0.2) is 0 Å². The molecule has 1 aliphatic rings. The Morgan fingerprint density at radius 3 is 2.57 bits per heavy atom. The third-order valence-corrected chi connectivity index (χ3v) is 2.47. The van der Waals surface area contributed by atoms with Crippen molar-refractivity contribution in [3.8, 4) is 0 Å². The number of ether oxygens (including phenoxy) is 1. The zero-order valence-corrected chi connectivity index (χ0v) is 8.31. The summed E-state index contributed by atoms with van der Waals surface area (Å²) in [5.74, 6) is 0. The van der Waals surface area contributed by atoms with Crippen molar-refractivity contribution in [2.24, 2.45) is 0 Å². The summed E-state index contributed by atoms with van der Waals surface area (Å²) in [5, 5.41) is 0. The van der Waals surface area contributed by atoms with E-state index < -0.39 is 0 Å². The van der Waals surface area contributed by atoms with Gasteiger partial charge in [-0.3, -0.25) is 0 Å². The van der Waals surface area contributed by atoms with E-state index in [0.717, 1.165) is 6.42 Å². The maximum absolute atomic E-state index is 5.24. The van der Waals surface area contributed by atoms with Gasteiger partial charge in [0.2, 0.25) is 0 Å². The minimum Gasteiger partial charge on any atom is -0.377 e. The normalized spacial score (nSPS) is 20.6. The highest BCUT2D eigenvalue weighted by Crippen LogP contribution is 2.21. The standard InChI is InChI=1S/C13H14O/c1-14-13-9-7-12(8-10-13)11-5-3-2-4-6-11/h2-9,13H,10H2,1H3. The van der Waals surface area contributed by atoms with E-state index in [0.29, 0.717) is 0 Å². The van der Waals surface area contributed by atoms with E-state index in [1.165, 1.54) is 11.1 Å². The van der Waals surface area contributed by atoms with E-state index in [1.807, 2.05) is 6.07 Å². The molecular formula is C13H14O. The molecular weight excluding hydrogens is 172 g/mol. The van der Waals surface area contributed by atoms with E-state index in [9.17, 15) is 0 Å². The molecule has 0 bridgehead atoms. The Bertz CT molecular complexity index is 349. The van der Waals surface area contributed by atoms with E-state index >= 15 is 0 Å². The molecule has 0 spiro atoms. The third-order valence-electron chi connectivity index (χ3n) is 2.47. The van der Waals surface area contributed by atoms with Crippen LogP contribution in [0.4, 0.5) is 0 Å². The lowest BCUT2D eigenvalue weighted by atomic mass is 9.98. The summed E-state index contributed by atoms with van der Waals surface area (Å²) < 4.78 is 5.24. The molecule has 1 nitrogen and oxygen atoms in total. The molecule has 1 heteroatoms. The minimum atomic E-state index is 0.252. The van der Waals surface area contributed by atoms with E-state index in [1.54, 1.807) is 7.11 Å². The molecule has 1 aromatic carbocycles. The summed E-state index contributed by atoms with van der Waals surface area (Å²) >= 11 is 0. The van der Waals surface area contributed by atoms with Crippen LogP contribution in [0.2, 0.25) is 0 Å². The molecule has 0 aliphatic heterocycles. The molecule has 0 N–H and O–H groups in total. The monoisotopic (exact) mass is 186 g/mol.